The minimum atomic E-state index is -0.102. The summed E-state index contributed by atoms with van der Waals surface area (Å²) in [6.07, 6.45) is 7.09. The summed E-state index contributed by atoms with van der Waals surface area (Å²) in [7, 11) is 25.6. The van der Waals surface area contributed by atoms with E-state index in [0.717, 1.165) is 156 Å². The summed E-state index contributed by atoms with van der Waals surface area (Å²) in [5, 5.41) is 64.3. The molecule has 7 aromatic rings. The molecule has 14 heterocycles. The lowest BCUT2D eigenvalue weighted by Gasteiger charge is -2.35. The van der Waals surface area contributed by atoms with Gasteiger partial charge in [0.25, 0.3) is 0 Å². The normalized spacial score (nSPS) is 20.7. The van der Waals surface area contributed by atoms with E-state index in [-0.39, 0.29) is 43.2 Å². The number of nitrogens with one attached hydrogen (secondary N) is 11. The molecule has 7 aliphatic rings. The molecular weight excluding hydrogens is 1710 g/mol. The molecule has 1 fully saturated rings. The molecule has 42 heteroatoms. The standard InChI is InChI=1S/C14H23N5S.C13H21N5S.2C12H19N5S.2C11H17N5S.C10H15N5S/c1-11-15-13(17(2)3)19(5)14(16-11)18(4)8-6-12-7-9-20-10-12;1-10-14-12(17(2)3)16-13(15-10)18(4)7-5-11-6-8-19-9-11;1-9-14-11(16-12(15-9)17(2)3)13-6-4-10-5-7-18-8-10;1-9-14-11(13-2)16-12(15-9)17(3)6-4-10-5-7-18-8-10;1-8-13-10(12)15-11(14-8)16(2)5-3-9-4-6-17-7-9;1-8-14-10(12-2)16-11(15-8)13-5-3-9-4-6-17-7-9;1-7-13-9(11)15-10(14-7)12-4-2-8-3-5-16-6-8/h7,9-11H,6,8H2,1-5H3;6,8-10H,5,7H2,1-4H3,(H,14,15,16);2*5,7-9H,4,6H2,1-3H3,(H2,13,14,15,16);4,6-8H,3,5H2,1-2H3,(H3,12,13,14,15);4,6-8H,3,5H2,1-2H3,(H3,12,13,14,15,16);3,5-7H,2,4H2,1H3,(H4,11,12,13,14,15). The van der Waals surface area contributed by atoms with Gasteiger partial charge in [-0.05, 0) is 250 Å². The second kappa shape index (κ2) is 52.8. The number of thiophene rings is 7. The second-order valence-electron chi connectivity index (χ2n) is 30.2. The number of rotatable bonds is 21. The van der Waals surface area contributed by atoms with Gasteiger partial charge in [0, 0.05) is 137 Å². The summed E-state index contributed by atoms with van der Waals surface area (Å²) < 4.78 is 0. The zero-order valence-corrected chi connectivity index (χ0v) is 81.6. The molecule has 14 rings (SSSR count). The van der Waals surface area contributed by atoms with E-state index in [4.69, 9.17) is 11.5 Å². The van der Waals surface area contributed by atoms with Crippen LogP contribution in [0.5, 0.6) is 0 Å². The third-order valence-electron chi connectivity index (χ3n) is 18.7. The first-order valence-corrected chi connectivity index (χ1v) is 48.1. The monoisotopic (exact) mass is 1840 g/mol. The molecule has 0 amide bonds. The lowest BCUT2D eigenvalue weighted by molar-refractivity contribution is 0.411. The third-order valence-corrected chi connectivity index (χ3v) is 23.8. The van der Waals surface area contributed by atoms with Crippen LogP contribution in [0, 0.1) is 0 Å². The van der Waals surface area contributed by atoms with Gasteiger partial charge in [-0.1, -0.05) is 0 Å². The fourth-order valence-corrected chi connectivity index (χ4v) is 17.0. The lowest BCUT2D eigenvalue weighted by atomic mass is 10.2. The summed E-state index contributed by atoms with van der Waals surface area (Å²) in [4.78, 5) is 77.9. The molecular formula is C83H131N35S7. The average molecular weight is 1840 g/mol. The molecule has 0 spiro atoms. The summed E-state index contributed by atoms with van der Waals surface area (Å²) >= 11 is 12.1. The summed E-state index contributed by atoms with van der Waals surface area (Å²) in [5.41, 5.74) is 20.8. The van der Waals surface area contributed by atoms with Crippen LogP contribution in [0.1, 0.15) is 87.4 Å². The minimum Gasteiger partial charge on any atom is -0.370 e. The van der Waals surface area contributed by atoms with Crippen molar-refractivity contribution in [2.24, 2.45) is 81.4 Å². The highest BCUT2D eigenvalue weighted by Crippen LogP contribution is 2.17. The Hall–Kier alpha value is -10.9. The van der Waals surface area contributed by atoms with Crippen LogP contribution in [0.25, 0.3) is 0 Å². The summed E-state index contributed by atoms with van der Waals surface area (Å²) in [6.45, 7) is 19.9. The largest absolute Gasteiger partial charge is 0.370 e. The molecule has 0 bridgehead atoms. The molecule has 0 radical (unpaired) electrons. The smallest absolute Gasteiger partial charge is 0.205 e. The molecule has 0 aromatic carbocycles. The van der Waals surface area contributed by atoms with Gasteiger partial charge in [-0.25, -0.2) is 44.9 Å². The maximum atomic E-state index is 5.68. The van der Waals surface area contributed by atoms with Crippen molar-refractivity contribution in [3.05, 3.63) is 157 Å². The Morgan fingerprint density at radius 2 is 0.624 bits per heavy atom. The maximum Gasteiger partial charge on any atom is 0.205 e. The molecule has 125 heavy (non-hydrogen) atoms. The van der Waals surface area contributed by atoms with Crippen molar-refractivity contribution in [3.8, 4) is 0 Å². The van der Waals surface area contributed by atoms with Crippen LogP contribution >= 0.6 is 79.4 Å². The van der Waals surface area contributed by atoms with Crippen molar-refractivity contribution in [2.75, 3.05) is 137 Å². The van der Waals surface area contributed by atoms with Crippen molar-refractivity contribution in [2.45, 2.75) is 137 Å². The molecule has 15 N–H and O–H groups in total. The Balaban J connectivity index is 0.000000181. The van der Waals surface area contributed by atoms with Gasteiger partial charge in [-0.3, -0.25) is 61.8 Å². The first-order valence-electron chi connectivity index (χ1n) is 41.5. The Morgan fingerprint density at radius 1 is 0.320 bits per heavy atom. The Bertz CT molecular complexity index is 4710. The Labute approximate surface area is 767 Å². The third kappa shape index (κ3) is 36.3. The van der Waals surface area contributed by atoms with Crippen molar-refractivity contribution < 1.29 is 0 Å². The topological polar surface area (TPSA) is 383 Å². The number of nitrogens with zero attached hydrogens (tertiary/aromatic N) is 22. The number of hydrogen-bond acceptors (Lipinski definition) is 33. The Morgan fingerprint density at radius 3 is 1.02 bits per heavy atom. The van der Waals surface area contributed by atoms with Crippen molar-refractivity contribution >= 4 is 163 Å². The lowest BCUT2D eigenvalue weighted by Crippen LogP contribution is -2.61. The van der Waals surface area contributed by atoms with Crippen LogP contribution in [-0.2, 0) is 44.9 Å². The van der Waals surface area contributed by atoms with Gasteiger partial charge in [0.05, 0.1) is 6.17 Å². The molecule has 35 nitrogen and oxygen atoms in total. The van der Waals surface area contributed by atoms with Crippen molar-refractivity contribution in [3.63, 3.8) is 0 Å². The second-order valence-corrected chi connectivity index (χ2v) is 35.7. The number of guanidine groups is 14. The van der Waals surface area contributed by atoms with Crippen LogP contribution in [0.15, 0.2) is 188 Å². The number of nitrogens with two attached hydrogens (primary N) is 2. The molecule has 680 valence electrons. The van der Waals surface area contributed by atoms with Gasteiger partial charge in [-0.2, -0.15) is 79.4 Å². The van der Waals surface area contributed by atoms with E-state index in [9.17, 15) is 0 Å². The molecule has 0 saturated carbocycles. The molecule has 7 atom stereocenters. The van der Waals surface area contributed by atoms with E-state index in [1.165, 1.54) is 38.9 Å². The quantitative estimate of drug-likeness (QED) is 0.0330. The first kappa shape index (κ1) is 99.5. The van der Waals surface area contributed by atoms with E-state index in [1.807, 2.05) is 131 Å². The predicted octanol–water partition coefficient (Wildman–Crippen LogP) is 7.54. The van der Waals surface area contributed by atoms with Gasteiger partial charge in [-0.15, -0.1) is 0 Å². The zero-order chi connectivity index (χ0) is 90.2. The highest BCUT2D eigenvalue weighted by atomic mass is 32.1. The van der Waals surface area contributed by atoms with E-state index in [2.05, 4.69) is 280 Å². The van der Waals surface area contributed by atoms with E-state index in [0.29, 0.717) is 17.9 Å². The number of aliphatic imine (C=N–C) groups is 14. The fraction of sp³-hybridized carbons (Fsp3) is 0.494. The number of hydrogen-bond donors (Lipinski definition) is 13. The average Bonchev–Trinajstić information content (AvgIpc) is 1.73. The van der Waals surface area contributed by atoms with Crippen LogP contribution in [0.3, 0.4) is 0 Å². The Kier molecular flexibility index (Phi) is 42.0. The highest BCUT2D eigenvalue weighted by molar-refractivity contribution is 7.09. The van der Waals surface area contributed by atoms with Crippen LogP contribution in [-0.4, -0.2) is 303 Å². The van der Waals surface area contributed by atoms with Crippen molar-refractivity contribution in [1.29, 1.82) is 0 Å². The fourth-order valence-electron chi connectivity index (χ4n) is 12.0. The van der Waals surface area contributed by atoms with Crippen LogP contribution in [0.4, 0.5) is 0 Å². The predicted molar refractivity (Wildman–Crippen MR) is 535 cm³/mol. The summed E-state index contributed by atoms with van der Waals surface area (Å²) in [5.74, 6) is 10.9. The van der Waals surface area contributed by atoms with E-state index in [1.54, 1.807) is 93.5 Å². The van der Waals surface area contributed by atoms with Gasteiger partial charge < -0.3 is 72.4 Å². The molecule has 7 aromatic heterocycles. The molecule has 7 aliphatic heterocycles. The maximum absolute atomic E-state index is 5.68. The number of likely N-dealkylation sites (N-methyl/N-ethyl adjacent to an activating group) is 4. The SMILES string of the molecule is CC1N=C(N(C)C)N(C)C(N(C)CCc2ccsc2)=N1.CC1N=C(N(C)C)NC(=NCCc2ccsc2)N1.CC1N=C(N(C)C)NC(N(C)CCc2ccsc2)=N1.CC1N=C(N)NC(=NCCc2ccsc2)N1.CC1N=C(N)NC(N(C)CCc2ccsc2)=N1.CN=C1NC(=NCCc2ccsc2)NC(C)N1.CN=C1NC(N(C)CCc2ccsc2)=NC(C)N1. The zero-order valence-electron chi connectivity index (χ0n) is 75.9. The van der Waals surface area contributed by atoms with Gasteiger partial charge in [0.15, 0.2) is 41.7 Å². The summed E-state index contributed by atoms with van der Waals surface area (Å²) in [6, 6.07) is 15.1. The molecule has 1 saturated heterocycles. The van der Waals surface area contributed by atoms with Crippen molar-refractivity contribution in [1.82, 2.24) is 97.7 Å². The molecule has 7 unspecified atom stereocenters. The van der Waals surface area contributed by atoms with Gasteiger partial charge in [0.1, 0.15) is 37.0 Å². The van der Waals surface area contributed by atoms with Crippen LogP contribution < -0.4 is 70.0 Å². The van der Waals surface area contributed by atoms with E-state index >= 15 is 0 Å². The van der Waals surface area contributed by atoms with Crippen LogP contribution in [0.2, 0.25) is 0 Å². The molecule has 0 aliphatic carbocycles. The first-order chi connectivity index (χ1) is 60.0. The minimum absolute atomic E-state index is 0.0128. The van der Waals surface area contributed by atoms with Gasteiger partial charge in [0.2, 0.25) is 41.7 Å². The highest BCUT2D eigenvalue weighted by Gasteiger charge is 2.26. The van der Waals surface area contributed by atoms with E-state index < -0.39 is 0 Å². The van der Waals surface area contributed by atoms with Gasteiger partial charge >= 0.3 is 0 Å².